The maximum absolute atomic E-state index is 10.5. The summed E-state index contributed by atoms with van der Waals surface area (Å²) in [5.41, 5.74) is 1.06. The number of carbonyl (C=O) groups excluding carboxylic acids is 1. The number of hydrogen-bond donors (Lipinski definition) is 0. The zero-order valence-electron chi connectivity index (χ0n) is 11.1. The van der Waals surface area contributed by atoms with E-state index in [0.717, 1.165) is 31.3 Å². The molecule has 19 heavy (non-hydrogen) atoms. The van der Waals surface area contributed by atoms with Crippen molar-refractivity contribution in [3.63, 3.8) is 0 Å². The van der Waals surface area contributed by atoms with Gasteiger partial charge < -0.3 is 14.3 Å². The van der Waals surface area contributed by atoms with E-state index in [1.54, 1.807) is 0 Å². The summed E-state index contributed by atoms with van der Waals surface area (Å²) in [4.78, 5) is 10.5. The van der Waals surface area contributed by atoms with Gasteiger partial charge in [-0.3, -0.25) is 0 Å². The van der Waals surface area contributed by atoms with Gasteiger partial charge in [-0.25, -0.2) is 0 Å². The predicted octanol–water partition coefficient (Wildman–Crippen LogP) is 3.59. The van der Waals surface area contributed by atoms with Crippen molar-refractivity contribution in [3.8, 4) is 5.75 Å². The molecule has 0 aromatic heterocycles. The highest BCUT2D eigenvalue weighted by Crippen LogP contribution is 2.31. The smallest absolute Gasteiger partial charge is 0.138 e. The van der Waals surface area contributed by atoms with Crippen molar-refractivity contribution in [1.29, 1.82) is 0 Å². The number of hydrogen-bond acceptors (Lipinski definition) is 3. The lowest BCUT2D eigenvalue weighted by atomic mass is 9.98. The maximum atomic E-state index is 10.5. The second kappa shape index (κ2) is 6.92. The highest BCUT2D eigenvalue weighted by atomic mass is 35.5. The van der Waals surface area contributed by atoms with Gasteiger partial charge in [0.25, 0.3) is 0 Å². The monoisotopic (exact) mass is 282 g/mol. The van der Waals surface area contributed by atoms with Gasteiger partial charge in [0.05, 0.1) is 11.6 Å². The van der Waals surface area contributed by atoms with Crippen molar-refractivity contribution in [3.05, 3.63) is 28.8 Å². The Kier molecular flexibility index (Phi) is 5.23. The highest BCUT2D eigenvalue weighted by Gasteiger charge is 2.17. The average Bonchev–Trinajstić information content (AvgIpc) is 2.42. The molecule has 2 rings (SSSR count). The molecule has 1 fully saturated rings. The third-order valence-electron chi connectivity index (χ3n) is 3.39. The van der Waals surface area contributed by atoms with Gasteiger partial charge in [0.2, 0.25) is 0 Å². The fourth-order valence-corrected chi connectivity index (χ4v) is 2.42. The van der Waals surface area contributed by atoms with E-state index in [0.29, 0.717) is 23.8 Å². The van der Waals surface area contributed by atoms with Crippen LogP contribution in [0.2, 0.25) is 5.02 Å². The molecule has 0 spiro atoms. The van der Waals surface area contributed by atoms with Crippen LogP contribution in [0.5, 0.6) is 5.75 Å². The molecule has 0 amide bonds. The summed E-state index contributed by atoms with van der Waals surface area (Å²) in [6.07, 6.45) is 3.55. The van der Waals surface area contributed by atoms with E-state index in [2.05, 4.69) is 0 Å². The molecule has 4 heteroatoms. The van der Waals surface area contributed by atoms with Crippen LogP contribution >= 0.6 is 11.6 Å². The van der Waals surface area contributed by atoms with Crippen molar-refractivity contribution in [2.75, 3.05) is 13.2 Å². The average molecular weight is 283 g/mol. The maximum Gasteiger partial charge on any atom is 0.138 e. The van der Waals surface area contributed by atoms with Gasteiger partial charge in [0.1, 0.15) is 18.1 Å². The van der Waals surface area contributed by atoms with E-state index in [4.69, 9.17) is 21.1 Å². The molecule has 1 aromatic carbocycles. The normalized spacial score (nSPS) is 20.8. The Labute approximate surface area is 118 Å². The summed E-state index contributed by atoms with van der Waals surface area (Å²) < 4.78 is 11.2. The second-order valence-electron chi connectivity index (χ2n) is 4.95. The summed E-state index contributed by atoms with van der Waals surface area (Å²) in [6, 6.07) is 5.74. The van der Waals surface area contributed by atoms with Crippen molar-refractivity contribution in [1.82, 2.24) is 0 Å². The molecule has 0 aliphatic carbocycles. The molecule has 1 aliphatic rings. The number of ether oxygens (including phenoxy) is 2. The van der Waals surface area contributed by atoms with Crippen LogP contribution < -0.4 is 4.74 Å². The van der Waals surface area contributed by atoms with E-state index < -0.39 is 0 Å². The molecule has 0 saturated carbocycles. The van der Waals surface area contributed by atoms with Crippen molar-refractivity contribution >= 4 is 17.9 Å². The number of aldehydes is 1. The molecule has 1 aromatic rings. The Morgan fingerprint density at radius 2 is 2.42 bits per heavy atom. The van der Waals surface area contributed by atoms with Gasteiger partial charge >= 0.3 is 0 Å². The van der Waals surface area contributed by atoms with E-state index in [9.17, 15) is 4.79 Å². The summed E-state index contributed by atoms with van der Waals surface area (Å²) in [5, 5.41) is 0.598. The largest absolute Gasteiger partial charge is 0.486 e. The molecule has 1 saturated heterocycles. The van der Waals surface area contributed by atoms with Crippen molar-refractivity contribution in [2.45, 2.75) is 38.2 Å². The van der Waals surface area contributed by atoms with Gasteiger partial charge in [-0.05, 0) is 36.5 Å². The Hall–Kier alpha value is -1.06. The fraction of sp³-hybridized carbons (Fsp3) is 0.533. The first kappa shape index (κ1) is 14.4. The van der Waals surface area contributed by atoms with Gasteiger partial charge in [-0.1, -0.05) is 24.6 Å². The lowest BCUT2D eigenvalue weighted by molar-refractivity contribution is -0.108. The third kappa shape index (κ3) is 3.95. The molecule has 104 valence electrons. The van der Waals surface area contributed by atoms with E-state index in [1.165, 1.54) is 0 Å². The summed E-state index contributed by atoms with van der Waals surface area (Å²) in [6.45, 7) is 3.45. The van der Waals surface area contributed by atoms with E-state index >= 15 is 0 Å². The molecule has 1 heterocycles. The topological polar surface area (TPSA) is 35.5 Å². The summed E-state index contributed by atoms with van der Waals surface area (Å²) in [5.74, 6) is 0.876. The number of rotatable bonds is 5. The zero-order valence-corrected chi connectivity index (χ0v) is 11.9. The molecule has 2 unspecified atom stereocenters. The van der Waals surface area contributed by atoms with Crippen LogP contribution in [0.1, 0.15) is 37.7 Å². The van der Waals surface area contributed by atoms with E-state index in [1.807, 2.05) is 25.1 Å². The van der Waals surface area contributed by atoms with Crippen LogP contribution in [0.3, 0.4) is 0 Å². The molecular formula is C15H19ClO3. The number of benzene rings is 1. The van der Waals surface area contributed by atoms with Crippen LogP contribution in [0.4, 0.5) is 0 Å². The van der Waals surface area contributed by atoms with Gasteiger partial charge in [0, 0.05) is 13.0 Å². The molecule has 0 N–H and O–H groups in total. The van der Waals surface area contributed by atoms with Crippen LogP contribution in [-0.4, -0.2) is 25.6 Å². The van der Waals surface area contributed by atoms with Gasteiger partial charge in [-0.15, -0.1) is 0 Å². The van der Waals surface area contributed by atoms with Crippen molar-refractivity contribution in [2.24, 2.45) is 0 Å². The van der Waals surface area contributed by atoms with Crippen LogP contribution in [0.25, 0.3) is 0 Å². The number of halogens is 1. The van der Waals surface area contributed by atoms with Crippen molar-refractivity contribution < 1.29 is 14.3 Å². The third-order valence-corrected chi connectivity index (χ3v) is 3.68. The number of carbonyl (C=O) groups is 1. The lowest BCUT2D eigenvalue weighted by Crippen LogP contribution is -2.28. The lowest BCUT2D eigenvalue weighted by Gasteiger charge is -2.24. The molecule has 2 atom stereocenters. The molecule has 0 bridgehead atoms. The Balaban J connectivity index is 2.03. The highest BCUT2D eigenvalue weighted by molar-refractivity contribution is 6.32. The predicted molar refractivity (Wildman–Crippen MR) is 75.0 cm³/mol. The van der Waals surface area contributed by atoms with Crippen LogP contribution in [0.15, 0.2) is 18.2 Å². The molecule has 1 aliphatic heterocycles. The van der Waals surface area contributed by atoms with E-state index in [-0.39, 0.29) is 12.0 Å². The standard InChI is InChI=1S/C15H19ClO3/c1-11(6-7-17)12-4-5-15(14(16)9-12)19-13-3-2-8-18-10-13/h4-5,7,9,11,13H,2-3,6,8,10H2,1H3. The molecule has 0 radical (unpaired) electrons. The first-order chi connectivity index (χ1) is 9.20. The zero-order chi connectivity index (χ0) is 13.7. The van der Waals surface area contributed by atoms with Gasteiger partial charge in [-0.2, -0.15) is 0 Å². The Morgan fingerprint density at radius 1 is 1.58 bits per heavy atom. The SMILES string of the molecule is CC(CC=O)c1ccc(OC2CCCOC2)c(Cl)c1. The van der Waals surface area contributed by atoms with Crippen LogP contribution in [0, 0.1) is 0 Å². The first-order valence-electron chi connectivity index (χ1n) is 6.68. The summed E-state index contributed by atoms with van der Waals surface area (Å²) >= 11 is 6.24. The summed E-state index contributed by atoms with van der Waals surface area (Å²) in [7, 11) is 0. The van der Waals surface area contributed by atoms with Crippen LogP contribution in [-0.2, 0) is 9.53 Å². The molecular weight excluding hydrogens is 264 g/mol. The minimum absolute atomic E-state index is 0.0875. The second-order valence-corrected chi connectivity index (χ2v) is 5.36. The molecule has 3 nitrogen and oxygen atoms in total. The first-order valence-corrected chi connectivity index (χ1v) is 7.06. The van der Waals surface area contributed by atoms with Gasteiger partial charge in [0.15, 0.2) is 0 Å². The Bertz CT molecular complexity index is 427. The fourth-order valence-electron chi connectivity index (χ4n) is 2.18. The minimum Gasteiger partial charge on any atom is -0.486 e. The minimum atomic E-state index is 0.0875. The Morgan fingerprint density at radius 3 is 3.05 bits per heavy atom. The quantitative estimate of drug-likeness (QED) is 0.774.